The van der Waals surface area contributed by atoms with Crippen molar-refractivity contribution in [3.63, 3.8) is 0 Å². The van der Waals surface area contributed by atoms with E-state index in [0.717, 1.165) is 70.3 Å². The van der Waals surface area contributed by atoms with Crippen LogP contribution < -0.4 is 27.0 Å². The Morgan fingerprint density at radius 2 is 1.62 bits per heavy atom. The molecule has 47 heavy (non-hydrogen) atoms. The van der Waals surface area contributed by atoms with Crippen LogP contribution in [0.4, 0.5) is 11.4 Å². The van der Waals surface area contributed by atoms with Gasteiger partial charge in [-0.05, 0) is 73.9 Å². The summed E-state index contributed by atoms with van der Waals surface area (Å²) in [7, 11) is 4.68. The molecule has 3 N–H and O–H groups in total. The van der Waals surface area contributed by atoms with Gasteiger partial charge in [0.25, 0.3) is 5.56 Å². The number of rotatable bonds is 9. The van der Waals surface area contributed by atoms with Crippen LogP contribution in [0.1, 0.15) is 90.3 Å². The van der Waals surface area contributed by atoms with Gasteiger partial charge in [-0.15, -0.1) is 0 Å². The molecule has 4 aromatic rings. The first kappa shape index (κ1) is 39.3. The second-order valence-electron chi connectivity index (χ2n) is 10.8. The van der Waals surface area contributed by atoms with Crippen molar-refractivity contribution >= 4 is 23.0 Å². The van der Waals surface area contributed by atoms with Crippen LogP contribution in [-0.4, -0.2) is 28.3 Å². The van der Waals surface area contributed by atoms with Crippen LogP contribution >= 0.6 is 11.6 Å². The van der Waals surface area contributed by atoms with Crippen molar-refractivity contribution in [2.24, 2.45) is 12.8 Å². The van der Waals surface area contributed by atoms with Gasteiger partial charge in [0.1, 0.15) is 5.69 Å². The Balaban J connectivity index is 0.00000121. The molecule has 9 heteroatoms. The van der Waals surface area contributed by atoms with E-state index < -0.39 is 0 Å². The minimum Gasteiger partial charge on any atom is -0.481 e. The molecule has 2 aromatic heterocycles. The number of aromatic nitrogens is 3. The van der Waals surface area contributed by atoms with Crippen molar-refractivity contribution in [2.75, 3.05) is 19.5 Å². The number of ether oxygens (including phenoxy) is 1. The first-order chi connectivity index (χ1) is 22.8. The number of halogens is 1. The highest BCUT2D eigenvalue weighted by molar-refractivity contribution is 6.36. The van der Waals surface area contributed by atoms with Gasteiger partial charge in [0.05, 0.1) is 17.8 Å². The zero-order valence-electron chi connectivity index (χ0n) is 30.0. The van der Waals surface area contributed by atoms with Crippen molar-refractivity contribution in [1.82, 2.24) is 14.1 Å². The molecule has 0 spiro atoms. The molecular weight excluding hydrogens is 610 g/mol. The fraction of sp³-hybridized carbons (Fsp3) is 0.447. The van der Waals surface area contributed by atoms with E-state index in [9.17, 15) is 9.59 Å². The van der Waals surface area contributed by atoms with E-state index in [4.69, 9.17) is 21.3 Å². The Bertz CT molecular complexity index is 1730. The molecule has 1 aliphatic carbocycles. The van der Waals surface area contributed by atoms with E-state index in [1.165, 1.54) is 25.2 Å². The Morgan fingerprint density at radius 1 is 0.979 bits per heavy atom. The molecule has 0 aliphatic heterocycles. The number of nitrogens with one attached hydrogen (secondary N) is 1. The number of anilines is 2. The summed E-state index contributed by atoms with van der Waals surface area (Å²) in [5.41, 5.74) is 12.1. The third-order valence-corrected chi connectivity index (χ3v) is 8.51. The van der Waals surface area contributed by atoms with Gasteiger partial charge >= 0.3 is 5.69 Å². The Morgan fingerprint density at radius 3 is 2.26 bits per heavy atom. The maximum atomic E-state index is 13.1. The van der Waals surface area contributed by atoms with Crippen LogP contribution in [0.25, 0.3) is 22.4 Å². The number of benzene rings is 2. The number of fused-ring (bicyclic) bond motifs is 1. The zero-order valence-corrected chi connectivity index (χ0v) is 30.7. The molecule has 0 saturated heterocycles. The van der Waals surface area contributed by atoms with Crippen molar-refractivity contribution < 1.29 is 4.74 Å². The number of nitrogens with zero attached hydrogens (tertiary/aromatic N) is 3. The first-order valence-corrected chi connectivity index (χ1v) is 17.3. The molecule has 8 nitrogen and oxygen atoms in total. The summed E-state index contributed by atoms with van der Waals surface area (Å²) in [5.74, 6) is 0.839. The Kier molecular flexibility index (Phi) is 15.9. The van der Waals surface area contributed by atoms with Crippen LogP contribution in [0, 0.1) is 0 Å². The molecule has 2 aromatic carbocycles. The lowest BCUT2D eigenvalue weighted by atomic mass is 9.87. The summed E-state index contributed by atoms with van der Waals surface area (Å²) >= 11 is 7.18. The molecule has 0 bridgehead atoms. The minimum atomic E-state index is -0.362. The molecule has 0 saturated carbocycles. The third kappa shape index (κ3) is 8.54. The standard InChI is InChI=1S/C33H37ClN4O3.2C2H6.CH5N/c1-6-17-38-19-28(32(39)37(4)33(38)40)35-26-16-10-13-23(29(26)20(3)7-2)24-14-9-15-25(30(24)34)27-18-21-11-8-12-22(21)31(36-27)41-5;3*1-2/h9-10,13-16,18-20,35H,6-8,11-12,17H2,1-5H3;2*1-2H3;2H2,1H3. The number of pyridine rings is 1. The van der Waals surface area contributed by atoms with Crippen molar-refractivity contribution in [3.8, 4) is 28.3 Å². The van der Waals surface area contributed by atoms with Gasteiger partial charge in [-0.1, -0.05) is 90.4 Å². The number of nitrogens with two attached hydrogens (primary N) is 1. The van der Waals surface area contributed by atoms with Crippen molar-refractivity contribution in [3.05, 3.63) is 91.2 Å². The van der Waals surface area contributed by atoms with E-state index in [1.807, 2.05) is 65.0 Å². The van der Waals surface area contributed by atoms with Crippen LogP contribution in [-0.2, 0) is 26.4 Å². The highest BCUT2D eigenvalue weighted by Crippen LogP contribution is 2.43. The van der Waals surface area contributed by atoms with E-state index in [-0.39, 0.29) is 17.2 Å². The minimum absolute atomic E-state index is 0.164. The lowest BCUT2D eigenvalue weighted by molar-refractivity contribution is 0.394. The highest BCUT2D eigenvalue weighted by Gasteiger charge is 2.23. The molecule has 2 heterocycles. The summed E-state index contributed by atoms with van der Waals surface area (Å²) in [5, 5.41) is 4.00. The van der Waals surface area contributed by atoms with E-state index in [1.54, 1.807) is 17.9 Å². The van der Waals surface area contributed by atoms with Gasteiger partial charge in [-0.3, -0.25) is 13.9 Å². The molecule has 0 fully saturated rings. The second kappa shape index (κ2) is 19.1. The normalized spacial score (nSPS) is 11.9. The SMILES string of the molecule is CC.CC.CCCn1cc(Nc2cccc(-c3cccc(-c4cc5c(c(OC)n4)CCC5)c3Cl)c2C(C)CC)c(=O)n(C)c1=O.CN. The van der Waals surface area contributed by atoms with Gasteiger partial charge in [0.15, 0.2) is 0 Å². The molecule has 1 atom stereocenters. The van der Waals surface area contributed by atoms with Crippen LogP contribution in [0.5, 0.6) is 5.88 Å². The fourth-order valence-corrected chi connectivity index (χ4v) is 6.12. The van der Waals surface area contributed by atoms with Gasteiger partial charge in [-0.2, -0.15) is 0 Å². The van der Waals surface area contributed by atoms with Crippen LogP contribution in [0.15, 0.2) is 58.3 Å². The monoisotopic (exact) mass is 663 g/mol. The van der Waals surface area contributed by atoms with Gasteiger partial charge in [0.2, 0.25) is 5.88 Å². The van der Waals surface area contributed by atoms with Crippen LogP contribution in [0.3, 0.4) is 0 Å². The number of aryl methyl sites for hydroxylation is 2. The summed E-state index contributed by atoms with van der Waals surface area (Å²) in [6.45, 7) is 14.8. The van der Waals surface area contributed by atoms with Crippen molar-refractivity contribution in [2.45, 2.75) is 93.0 Å². The smallest absolute Gasteiger partial charge is 0.330 e. The van der Waals surface area contributed by atoms with Gasteiger partial charge in [-0.25, -0.2) is 9.78 Å². The summed E-state index contributed by atoms with van der Waals surface area (Å²) in [4.78, 5) is 30.5. The Hall–Kier alpha value is -3.88. The molecule has 0 radical (unpaired) electrons. The summed E-state index contributed by atoms with van der Waals surface area (Å²) in [6.07, 6.45) is 6.39. The maximum Gasteiger partial charge on any atom is 0.330 e. The van der Waals surface area contributed by atoms with Crippen LogP contribution in [0.2, 0.25) is 5.02 Å². The lowest BCUT2D eigenvalue weighted by Gasteiger charge is -2.22. The fourth-order valence-electron chi connectivity index (χ4n) is 5.79. The van der Waals surface area contributed by atoms with Gasteiger partial charge < -0.3 is 15.8 Å². The van der Waals surface area contributed by atoms with Gasteiger partial charge in [0, 0.05) is 42.2 Å². The molecule has 5 rings (SSSR count). The molecule has 1 unspecified atom stereocenters. The third-order valence-electron chi connectivity index (χ3n) is 8.11. The average Bonchev–Trinajstić information content (AvgIpc) is 3.60. The summed E-state index contributed by atoms with van der Waals surface area (Å²) in [6, 6.07) is 14.2. The topological polar surface area (TPSA) is 104 Å². The lowest BCUT2D eigenvalue weighted by Crippen LogP contribution is -2.38. The number of hydrogen-bond acceptors (Lipinski definition) is 6. The number of methoxy groups -OCH3 is 1. The quantitative estimate of drug-likeness (QED) is 0.186. The largest absolute Gasteiger partial charge is 0.481 e. The predicted octanol–water partition coefficient (Wildman–Crippen LogP) is 8.72. The Labute approximate surface area is 286 Å². The average molecular weight is 664 g/mol. The predicted molar refractivity (Wildman–Crippen MR) is 200 cm³/mol. The molecule has 0 amide bonds. The first-order valence-electron chi connectivity index (χ1n) is 16.9. The zero-order chi connectivity index (χ0) is 35.3. The second-order valence-corrected chi connectivity index (χ2v) is 11.1. The van der Waals surface area contributed by atoms with E-state index >= 15 is 0 Å². The van der Waals surface area contributed by atoms with E-state index in [0.29, 0.717) is 23.1 Å². The van der Waals surface area contributed by atoms with E-state index in [2.05, 4.69) is 37.0 Å². The van der Waals surface area contributed by atoms with Crippen molar-refractivity contribution in [1.29, 1.82) is 0 Å². The molecule has 256 valence electrons. The molecular formula is C38H54ClN5O3. The summed E-state index contributed by atoms with van der Waals surface area (Å²) < 4.78 is 8.38. The maximum absolute atomic E-state index is 13.1. The highest BCUT2D eigenvalue weighted by atomic mass is 35.5. The molecule has 1 aliphatic rings. The number of hydrogen-bond donors (Lipinski definition) is 2.